The molecule has 3 N–H and O–H groups in total. The first-order valence-electron chi connectivity index (χ1n) is 12.3. The molecule has 12 heteroatoms. The molecule has 0 bridgehead atoms. The Morgan fingerprint density at radius 2 is 1.67 bits per heavy atom. The van der Waals surface area contributed by atoms with E-state index in [0.29, 0.717) is 11.6 Å². The summed E-state index contributed by atoms with van der Waals surface area (Å²) in [5, 5.41) is 5.70. The van der Waals surface area contributed by atoms with E-state index in [4.69, 9.17) is 0 Å². The van der Waals surface area contributed by atoms with Crippen LogP contribution < -0.4 is 15.4 Å². The van der Waals surface area contributed by atoms with Crippen LogP contribution in [0.4, 0.5) is 28.0 Å². The quantitative estimate of drug-likeness (QED) is 0.322. The number of benzene rings is 2. The van der Waals surface area contributed by atoms with Gasteiger partial charge in [0.15, 0.2) is 0 Å². The van der Waals surface area contributed by atoms with Gasteiger partial charge in [-0.05, 0) is 54.3 Å². The molecular weight excluding hydrogens is 536 g/mol. The van der Waals surface area contributed by atoms with Crippen LogP contribution in [-0.4, -0.2) is 31.7 Å². The highest BCUT2D eigenvalue weighted by molar-refractivity contribution is 7.92. The maximum absolute atomic E-state index is 14.7. The summed E-state index contributed by atoms with van der Waals surface area (Å²) in [4.78, 5) is 17.7. The number of alkyl halides is 3. The molecule has 4 rings (SSSR count). The number of hydrogen-bond donors (Lipinski definition) is 3. The number of nitrogens with zero attached hydrogens (tertiary/aromatic N) is 1. The van der Waals surface area contributed by atoms with Gasteiger partial charge < -0.3 is 10.6 Å². The van der Waals surface area contributed by atoms with Crippen molar-refractivity contribution in [2.45, 2.75) is 49.9 Å². The largest absolute Gasteiger partial charge is 0.416 e. The second-order valence-corrected chi connectivity index (χ2v) is 11.4. The van der Waals surface area contributed by atoms with Crippen molar-refractivity contribution in [3.05, 3.63) is 95.1 Å². The molecule has 1 aliphatic rings. The predicted octanol–water partition coefficient (Wildman–Crippen LogP) is 5.34. The molecule has 39 heavy (non-hydrogen) atoms. The van der Waals surface area contributed by atoms with Crippen molar-refractivity contribution < 1.29 is 30.8 Å². The van der Waals surface area contributed by atoms with Gasteiger partial charge in [0.25, 0.3) is 0 Å². The van der Waals surface area contributed by atoms with Crippen molar-refractivity contribution in [1.29, 1.82) is 0 Å². The monoisotopic (exact) mass is 564 g/mol. The number of halogens is 4. The number of carbonyl (C=O) groups excluding carboxylic acids is 1. The van der Waals surface area contributed by atoms with E-state index >= 15 is 0 Å². The number of urea groups is 1. The maximum Gasteiger partial charge on any atom is 0.416 e. The van der Waals surface area contributed by atoms with E-state index in [9.17, 15) is 30.8 Å². The Hall–Kier alpha value is -3.67. The number of carbonyl (C=O) groups is 1. The van der Waals surface area contributed by atoms with Crippen LogP contribution >= 0.6 is 0 Å². The summed E-state index contributed by atoms with van der Waals surface area (Å²) in [6.07, 6.45) is 0.641. The number of nitrogens with one attached hydrogen (secondary N) is 3. The Morgan fingerprint density at radius 1 is 1.00 bits per heavy atom. The lowest BCUT2D eigenvalue weighted by atomic mass is 9.79. The molecule has 1 saturated carbocycles. The first kappa shape index (κ1) is 28.3. The third kappa shape index (κ3) is 7.25. The van der Waals surface area contributed by atoms with Gasteiger partial charge >= 0.3 is 12.2 Å². The number of pyridine rings is 1. The number of sulfonamides is 1. The minimum Gasteiger partial charge on any atom is -0.335 e. The summed E-state index contributed by atoms with van der Waals surface area (Å²) < 4.78 is 81.6. The Balaban J connectivity index is 1.89. The van der Waals surface area contributed by atoms with E-state index in [0.717, 1.165) is 44.1 Å². The highest BCUT2D eigenvalue weighted by Gasteiger charge is 2.41. The molecule has 1 unspecified atom stereocenters. The molecule has 1 heterocycles. The van der Waals surface area contributed by atoms with Crippen LogP contribution in [0.1, 0.15) is 48.1 Å². The van der Waals surface area contributed by atoms with Crippen LogP contribution in [0.5, 0.6) is 0 Å². The lowest BCUT2D eigenvalue weighted by Gasteiger charge is -2.36. The van der Waals surface area contributed by atoms with Crippen molar-refractivity contribution >= 4 is 21.7 Å². The van der Waals surface area contributed by atoms with E-state index < -0.39 is 39.2 Å². The van der Waals surface area contributed by atoms with Crippen LogP contribution in [0.25, 0.3) is 0 Å². The summed E-state index contributed by atoms with van der Waals surface area (Å²) in [5.74, 6) is -1.13. The molecule has 3 aromatic rings. The highest BCUT2D eigenvalue weighted by Crippen LogP contribution is 2.38. The second kappa shape index (κ2) is 11.2. The molecule has 1 aromatic heterocycles. The van der Waals surface area contributed by atoms with E-state index in [1.807, 2.05) is 0 Å². The summed E-state index contributed by atoms with van der Waals surface area (Å²) >= 11 is 0. The van der Waals surface area contributed by atoms with Crippen LogP contribution in [0.15, 0.2) is 66.9 Å². The van der Waals surface area contributed by atoms with Gasteiger partial charge in [-0.15, -0.1) is 0 Å². The van der Waals surface area contributed by atoms with Gasteiger partial charge in [-0.2, -0.15) is 13.2 Å². The average Bonchev–Trinajstić information content (AvgIpc) is 3.35. The topological polar surface area (TPSA) is 100 Å². The number of hydrogen-bond acceptors (Lipinski definition) is 4. The Morgan fingerprint density at radius 3 is 2.26 bits per heavy atom. The lowest BCUT2D eigenvalue weighted by molar-refractivity contribution is -0.137. The summed E-state index contributed by atoms with van der Waals surface area (Å²) in [5.41, 5.74) is -2.31. The molecule has 1 fully saturated rings. The molecule has 2 aromatic carbocycles. The van der Waals surface area contributed by atoms with Gasteiger partial charge in [0.2, 0.25) is 10.0 Å². The Kier molecular flexibility index (Phi) is 8.15. The van der Waals surface area contributed by atoms with Gasteiger partial charge in [0.1, 0.15) is 11.4 Å². The Bertz CT molecular complexity index is 1410. The van der Waals surface area contributed by atoms with E-state index in [1.54, 1.807) is 30.3 Å². The van der Waals surface area contributed by atoms with Crippen molar-refractivity contribution in [2.75, 3.05) is 11.0 Å². The number of rotatable bonds is 8. The summed E-state index contributed by atoms with van der Waals surface area (Å²) in [6.45, 7) is 0. The zero-order valence-corrected chi connectivity index (χ0v) is 21.9. The van der Waals surface area contributed by atoms with Crippen LogP contribution in [0.3, 0.4) is 0 Å². The third-order valence-corrected chi connectivity index (χ3v) is 7.16. The van der Waals surface area contributed by atoms with Gasteiger partial charge in [-0.25, -0.2) is 17.6 Å². The zero-order chi connectivity index (χ0) is 28.3. The normalized spacial score (nSPS) is 15.9. The SMILES string of the molecule is CS(=O)(=O)Nc1ccc(C(Cc2ccccc2)(NC(=O)NC2CCCC2)c2cc(F)cc(C(F)(F)F)c2)nc1. The standard InChI is InChI=1S/C27H28F4N4O3S/c1-39(37,38)35-23-11-12-24(32-17-23)26(16-18-7-3-2-4-8-18,34-25(36)33-22-9-5-6-10-22)19-13-20(27(29,30)31)15-21(28)14-19/h2-4,7-8,11-15,17,22,35H,5-6,9-10,16H2,1H3,(H2,33,34,36). The first-order valence-corrected chi connectivity index (χ1v) is 14.2. The minimum atomic E-state index is -4.85. The van der Waals surface area contributed by atoms with Gasteiger partial charge in [-0.1, -0.05) is 43.2 Å². The van der Waals surface area contributed by atoms with Crippen LogP contribution in [-0.2, 0) is 28.2 Å². The number of amides is 2. The van der Waals surface area contributed by atoms with E-state index in [-0.39, 0.29) is 29.4 Å². The maximum atomic E-state index is 14.7. The average molecular weight is 565 g/mol. The Labute approximate surface area is 224 Å². The van der Waals surface area contributed by atoms with E-state index in [1.165, 1.54) is 18.3 Å². The molecule has 1 aliphatic carbocycles. The van der Waals surface area contributed by atoms with Crippen molar-refractivity contribution in [3.8, 4) is 0 Å². The first-order chi connectivity index (χ1) is 18.3. The molecule has 0 aliphatic heterocycles. The molecular formula is C27H28F4N4O3S. The molecule has 0 spiro atoms. The predicted molar refractivity (Wildman–Crippen MR) is 139 cm³/mol. The van der Waals surface area contributed by atoms with Crippen LogP contribution in [0.2, 0.25) is 0 Å². The molecule has 208 valence electrons. The number of anilines is 1. The summed E-state index contributed by atoms with van der Waals surface area (Å²) in [7, 11) is -3.63. The highest BCUT2D eigenvalue weighted by atomic mass is 32.2. The molecule has 0 radical (unpaired) electrons. The molecule has 2 amide bonds. The lowest BCUT2D eigenvalue weighted by Crippen LogP contribution is -2.54. The molecule has 7 nitrogen and oxygen atoms in total. The summed E-state index contributed by atoms with van der Waals surface area (Å²) in [6, 6.07) is 12.8. The third-order valence-electron chi connectivity index (χ3n) is 6.55. The van der Waals surface area contributed by atoms with Crippen molar-refractivity contribution in [1.82, 2.24) is 15.6 Å². The van der Waals surface area contributed by atoms with Gasteiger partial charge in [0.05, 0.1) is 29.4 Å². The second-order valence-electron chi connectivity index (χ2n) is 9.68. The molecule has 0 saturated heterocycles. The van der Waals surface area contributed by atoms with Crippen molar-refractivity contribution in [3.63, 3.8) is 0 Å². The number of aromatic nitrogens is 1. The van der Waals surface area contributed by atoms with Gasteiger partial charge in [0, 0.05) is 12.5 Å². The molecule has 1 atom stereocenters. The van der Waals surface area contributed by atoms with Crippen molar-refractivity contribution in [2.24, 2.45) is 0 Å². The fourth-order valence-electron chi connectivity index (χ4n) is 4.83. The fourth-order valence-corrected chi connectivity index (χ4v) is 5.38. The van der Waals surface area contributed by atoms with E-state index in [2.05, 4.69) is 20.3 Å². The fraction of sp³-hybridized carbons (Fsp3) is 0.333. The minimum absolute atomic E-state index is 0.0709. The van der Waals surface area contributed by atoms with Crippen LogP contribution in [0, 0.1) is 5.82 Å². The zero-order valence-electron chi connectivity index (χ0n) is 21.1. The van der Waals surface area contributed by atoms with Gasteiger partial charge in [-0.3, -0.25) is 9.71 Å². The smallest absolute Gasteiger partial charge is 0.335 e.